The molecule has 1 atom stereocenters. The van der Waals surface area contributed by atoms with Crippen LogP contribution >= 0.6 is 11.8 Å². The van der Waals surface area contributed by atoms with Crippen molar-refractivity contribution in [3.8, 4) is 0 Å². The summed E-state index contributed by atoms with van der Waals surface area (Å²) >= 11 is 2.05. The van der Waals surface area contributed by atoms with Crippen molar-refractivity contribution in [3.05, 3.63) is 29.3 Å². The number of hydrogen-bond donors (Lipinski definition) is 1. The maximum Gasteiger partial charge on any atom is 0.0414 e. The summed E-state index contributed by atoms with van der Waals surface area (Å²) in [6.45, 7) is 6.19. The molecule has 3 heteroatoms. The molecule has 1 aliphatic rings. The zero-order valence-electron chi connectivity index (χ0n) is 10.1. The maximum atomic E-state index is 5.84. The molecule has 0 amide bonds. The highest BCUT2D eigenvalue weighted by atomic mass is 32.2. The quantitative estimate of drug-likeness (QED) is 0.855. The average molecular weight is 236 g/mol. The predicted octanol–water partition coefficient (Wildman–Crippen LogP) is 2.40. The molecular weight excluding hydrogens is 216 g/mol. The van der Waals surface area contributed by atoms with E-state index in [0.29, 0.717) is 12.6 Å². The van der Waals surface area contributed by atoms with E-state index >= 15 is 0 Å². The highest BCUT2D eigenvalue weighted by Gasteiger charge is 2.20. The lowest BCUT2D eigenvalue weighted by Gasteiger charge is -2.36. The van der Waals surface area contributed by atoms with Crippen molar-refractivity contribution in [2.75, 3.05) is 23.0 Å². The molecule has 1 saturated heterocycles. The molecule has 0 spiro atoms. The first kappa shape index (κ1) is 11.8. The standard InChI is InChI=1S/C13H20N2S/c1-10-3-4-13(12(7-10)8-14)15-5-6-16-9-11(15)2/h3-4,7,11H,5-6,8-9,14H2,1-2H3. The van der Waals surface area contributed by atoms with Crippen LogP contribution in [0.5, 0.6) is 0 Å². The minimum atomic E-state index is 0.617. The molecule has 88 valence electrons. The molecule has 16 heavy (non-hydrogen) atoms. The normalized spacial score (nSPS) is 21.2. The van der Waals surface area contributed by atoms with Crippen LogP contribution in [0.4, 0.5) is 5.69 Å². The number of nitrogens with two attached hydrogens (primary N) is 1. The molecule has 0 aromatic heterocycles. The molecule has 1 aliphatic heterocycles. The summed E-state index contributed by atoms with van der Waals surface area (Å²) in [5, 5.41) is 0. The zero-order chi connectivity index (χ0) is 11.5. The number of rotatable bonds is 2. The average Bonchev–Trinajstić information content (AvgIpc) is 2.30. The number of nitrogens with zero attached hydrogens (tertiary/aromatic N) is 1. The van der Waals surface area contributed by atoms with Crippen LogP contribution in [0.2, 0.25) is 0 Å². The van der Waals surface area contributed by atoms with Crippen molar-refractivity contribution in [3.63, 3.8) is 0 Å². The Labute approximate surface area is 102 Å². The van der Waals surface area contributed by atoms with Crippen LogP contribution in [-0.4, -0.2) is 24.1 Å². The van der Waals surface area contributed by atoms with Crippen molar-refractivity contribution >= 4 is 17.4 Å². The molecule has 2 N–H and O–H groups in total. The summed E-state index contributed by atoms with van der Waals surface area (Å²) < 4.78 is 0. The highest BCUT2D eigenvalue weighted by Crippen LogP contribution is 2.27. The third-order valence-corrected chi connectivity index (χ3v) is 4.32. The predicted molar refractivity (Wildman–Crippen MR) is 73.2 cm³/mol. The fourth-order valence-electron chi connectivity index (χ4n) is 2.24. The molecule has 2 rings (SSSR count). The monoisotopic (exact) mass is 236 g/mol. The zero-order valence-corrected chi connectivity index (χ0v) is 10.9. The van der Waals surface area contributed by atoms with Crippen LogP contribution in [0.25, 0.3) is 0 Å². The van der Waals surface area contributed by atoms with Crippen LogP contribution < -0.4 is 10.6 Å². The van der Waals surface area contributed by atoms with E-state index in [1.54, 1.807) is 0 Å². The Kier molecular flexibility index (Phi) is 3.77. The minimum absolute atomic E-state index is 0.617. The topological polar surface area (TPSA) is 29.3 Å². The Balaban J connectivity index is 2.30. The minimum Gasteiger partial charge on any atom is -0.367 e. The molecule has 1 aromatic rings. The number of thioether (sulfide) groups is 1. The smallest absolute Gasteiger partial charge is 0.0414 e. The maximum absolute atomic E-state index is 5.84. The third-order valence-electron chi connectivity index (χ3n) is 3.13. The van der Waals surface area contributed by atoms with Crippen LogP contribution in [0, 0.1) is 6.92 Å². The summed E-state index contributed by atoms with van der Waals surface area (Å²) in [6, 6.07) is 7.24. The van der Waals surface area contributed by atoms with Gasteiger partial charge in [0, 0.05) is 36.3 Å². The fourth-order valence-corrected chi connectivity index (χ4v) is 3.26. The first-order valence-corrected chi connectivity index (χ1v) is 7.02. The van der Waals surface area contributed by atoms with E-state index in [2.05, 4.69) is 36.9 Å². The molecule has 0 bridgehead atoms. The van der Waals surface area contributed by atoms with E-state index in [1.165, 1.54) is 28.3 Å². The number of aryl methyl sites for hydroxylation is 1. The summed E-state index contributed by atoms with van der Waals surface area (Å²) in [6.07, 6.45) is 0. The van der Waals surface area contributed by atoms with Gasteiger partial charge < -0.3 is 10.6 Å². The van der Waals surface area contributed by atoms with Gasteiger partial charge in [0.05, 0.1) is 0 Å². The number of anilines is 1. The van der Waals surface area contributed by atoms with E-state index in [-0.39, 0.29) is 0 Å². The van der Waals surface area contributed by atoms with Gasteiger partial charge in [0.25, 0.3) is 0 Å². The summed E-state index contributed by atoms with van der Waals surface area (Å²) in [7, 11) is 0. The largest absolute Gasteiger partial charge is 0.367 e. The van der Waals surface area contributed by atoms with Gasteiger partial charge in [-0.2, -0.15) is 11.8 Å². The van der Waals surface area contributed by atoms with Crippen LogP contribution in [0.1, 0.15) is 18.1 Å². The number of benzene rings is 1. The summed E-state index contributed by atoms with van der Waals surface area (Å²) in [5.41, 5.74) is 9.75. The summed E-state index contributed by atoms with van der Waals surface area (Å²) in [5.74, 6) is 2.44. The van der Waals surface area contributed by atoms with Gasteiger partial charge >= 0.3 is 0 Å². The van der Waals surface area contributed by atoms with Gasteiger partial charge in [-0.15, -0.1) is 0 Å². The molecule has 1 unspecified atom stereocenters. The Morgan fingerprint density at radius 3 is 3.00 bits per heavy atom. The second kappa shape index (κ2) is 5.11. The van der Waals surface area contributed by atoms with Crippen molar-refractivity contribution in [1.29, 1.82) is 0 Å². The third kappa shape index (κ3) is 2.36. The lowest BCUT2D eigenvalue weighted by molar-refractivity contribution is 0.695. The molecule has 1 heterocycles. The van der Waals surface area contributed by atoms with Gasteiger partial charge in [0.15, 0.2) is 0 Å². The van der Waals surface area contributed by atoms with E-state index in [9.17, 15) is 0 Å². The lowest BCUT2D eigenvalue weighted by Crippen LogP contribution is -2.41. The van der Waals surface area contributed by atoms with E-state index in [4.69, 9.17) is 5.73 Å². The number of hydrogen-bond acceptors (Lipinski definition) is 3. The lowest BCUT2D eigenvalue weighted by atomic mass is 10.1. The molecular formula is C13H20N2S. The van der Waals surface area contributed by atoms with Crippen molar-refractivity contribution in [2.45, 2.75) is 26.4 Å². The Morgan fingerprint density at radius 1 is 1.50 bits per heavy atom. The van der Waals surface area contributed by atoms with Crippen molar-refractivity contribution in [2.24, 2.45) is 5.73 Å². The first-order chi connectivity index (χ1) is 7.72. The Hall–Kier alpha value is -0.670. The van der Waals surface area contributed by atoms with Gasteiger partial charge in [0.1, 0.15) is 0 Å². The van der Waals surface area contributed by atoms with Gasteiger partial charge in [-0.1, -0.05) is 17.7 Å². The SMILES string of the molecule is Cc1ccc(N2CCSCC2C)c(CN)c1. The highest BCUT2D eigenvalue weighted by molar-refractivity contribution is 7.99. The van der Waals surface area contributed by atoms with Crippen molar-refractivity contribution < 1.29 is 0 Å². The van der Waals surface area contributed by atoms with Gasteiger partial charge in [-0.3, -0.25) is 0 Å². The molecule has 0 saturated carbocycles. The molecule has 0 radical (unpaired) electrons. The Morgan fingerprint density at radius 2 is 2.31 bits per heavy atom. The van der Waals surface area contributed by atoms with Crippen molar-refractivity contribution in [1.82, 2.24) is 0 Å². The second-order valence-electron chi connectivity index (χ2n) is 4.45. The van der Waals surface area contributed by atoms with E-state index in [0.717, 1.165) is 6.54 Å². The fraction of sp³-hybridized carbons (Fsp3) is 0.538. The van der Waals surface area contributed by atoms with Crippen LogP contribution in [0.3, 0.4) is 0 Å². The molecule has 1 fully saturated rings. The molecule has 2 nitrogen and oxygen atoms in total. The summed E-state index contributed by atoms with van der Waals surface area (Å²) in [4.78, 5) is 2.50. The Bertz CT molecular complexity index is 365. The van der Waals surface area contributed by atoms with Crippen LogP contribution in [0.15, 0.2) is 18.2 Å². The molecule has 1 aromatic carbocycles. The molecule has 0 aliphatic carbocycles. The second-order valence-corrected chi connectivity index (χ2v) is 5.60. The first-order valence-electron chi connectivity index (χ1n) is 5.86. The van der Waals surface area contributed by atoms with E-state index in [1.807, 2.05) is 11.8 Å². The van der Waals surface area contributed by atoms with Gasteiger partial charge in [-0.05, 0) is 25.5 Å². The van der Waals surface area contributed by atoms with Gasteiger partial charge in [-0.25, -0.2) is 0 Å². The van der Waals surface area contributed by atoms with E-state index < -0.39 is 0 Å². The van der Waals surface area contributed by atoms with Gasteiger partial charge in [0.2, 0.25) is 0 Å². The van der Waals surface area contributed by atoms with Crippen LogP contribution in [-0.2, 0) is 6.54 Å².